The molecule has 2 fully saturated rings. The van der Waals surface area contributed by atoms with E-state index in [9.17, 15) is 4.79 Å². The number of carbonyl (C=O) groups is 1. The Bertz CT molecular complexity index is 403. The Balaban J connectivity index is 1.85. The van der Waals surface area contributed by atoms with Crippen molar-refractivity contribution in [3.63, 3.8) is 0 Å². The van der Waals surface area contributed by atoms with E-state index in [1.54, 1.807) is 14.2 Å². The summed E-state index contributed by atoms with van der Waals surface area (Å²) in [5.74, 6) is -1.06. The molecule has 0 amide bonds. The molecular formula is C20H36O6. The second-order valence-electron chi connectivity index (χ2n) is 7.37. The van der Waals surface area contributed by atoms with Crippen LogP contribution < -0.4 is 0 Å². The van der Waals surface area contributed by atoms with Crippen LogP contribution >= 0.6 is 0 Å². The molecule has 1 saturated carbocycles. The Kier molecular flexibility index (Phi) is 9.33. The summed E-state index contributed by atoms with van der Waals surface area (Å²) in [6.07, 6.45) is 9.71. The second-order valence-corrected chi connectivity index (χ2v) is 7.37. The minimum atomic E-state index is -0.793. The standard InChI is InChI=1S/C20H36O6/c1-4-5-6-7-8-12-15-24-18(21)16-17(19(22-2)23-3)26-20(25-16)13-10-9-11-14-20/h16-17,19H,4-15H2,1-3H3. The normalized spacial score (nSPS) is 25.1. The van der Waals surface area contributed by atoms with E-state index in [2.05, 4.69) is 6.92 Å². The lowest BCUT2D eigenvalue weighted by Crippen LogP contribution is -2.42. The number of rotatable bonds is 11. The molecule has 26 heavy (non-hydrogen) atoms. The Morgan fingerprint density at radius 2 is 1.65 bits per heavy atom. The van der Waals surface area contributed by atoms with E-state index >= 15 is 0 Å². The van der Waals surface area contributed by atoms with E-state index < -0.39 is 24.3 Å². The summed E-state index contributed by atoms with van der Waals surface area (Å²) in [6, 6.07) is 0. The van der Waals surface area contributed by atoms with Gasteiger partial charge in [0.25, 0.3) is 0 Å². The fourth-order valence-electron chi connectivity index (χ4n) is 3.84. The molecule has 6 heteroatoms. The molecule has 1 spiro atoms. The van der Waals surface area contributed by atoms with Crippen LogP contribution in [-0.4, -0.2) is 51.1 Å². The SMILES string of the molecule is CCCCCCCCOC(=O)C1OC2(CCCCC2)OC1C(OC)OC. The van der Waals surface area contributed by atoms with Gasteiger partial charge in [-0.25, -0.2) is 4.79 Å². The van der Waals surface area contributed by atoms with Crippen LogP contribution in [0.15, 0.2) is 0 Å². The van der Waals surface area contributed by atoms with Crippen molar-refractivity contribution in [1.29, 1.82) is 0 Å². The van der Waals surface area contributed by atoms with Crippen LogP contribution in [0.5, 0.6) is 0 Å². The molecule has 1 aliphatic heterocycles. The average molecular weight is 373 g/mol. The van der Waals surface area contributed by atoms with Gasteiger partial charge < -0.3 is 23.7 Å². The van der Waals surface area contributed by atoms with Crippen molar-refractivity contribution in [3.05, 3.63) is 0 Å². The van der Waals surface area contributed by atoms with E-state index in [1.165, 1.54) is 32.1 Å². The lowest BCUT2D eigenvalue weighted by atomic mass is 9.94. The van der Waals surface area contributed by atoms with Crippen LogP contribution in [0.4, 0.5) is 0 Å². The molecule has 0 N–H and O–H groups in total. The van der Waals surface area contributed by atoms with E-state index in [0.29, 0.717) is 6.61 Å². The van der Waals surface area contributed by atoms with E-state index in [-0.39, 0.29) is 5.97 Å². The molecule has 152 valence electrons. The van der Waals surface area contributed by atoms with Crippen molar-refractivity contribution < 1.29 is 28.5 Å². The third-order valence-electron chi connectivity index (χ3n) is 5.31. The van der Waals surface area contributed by atoms with Gasteiger partial charge in [-0.05, 0) is 19.3 Å². The molecule has 2 atom stereocenters. The third kappa shape index (κ3) is 5.91. The largest absolute Gasteiger partial charge is 0.464 e. The molecule has 6 nitrogen and oxygen atoms in total. The second kappa shape index (κ2) is 11.2. The zero-order valence-corrected chi connectivity index (χ0v) is 16.7. The molecule has 1 aliphatic carbocycles. The fraction of sp³-hybridized carbons (Fsp3) is 0.950. The van der Waals surface area contributed by atoms with Crippen LogP contribution in [0.1, 0.15) is 77.6 Å². The van der Waals surface area contributed by atoms with Crippen LogP contribution in [0.25, 0.3) is 0 Å². The van der Waals surface area contributed by atoms with Crippen molar-refractivity contribution in [1.82, 2.24) is 0 Å². The molecule has 2 aliphatic rings. The first-order valence-electron chi connectivity index (χ1n) is 10.2. The lowest BCUT2D eigenvalue weighted by molar-refractivity contribution is -0.226. The maximum absolute atomic E-state index is 12.6. The molecule has 1 heterocycles. The van der Waals surface area contributed by atoms with E-state index in [0.717, 1.165) is 38.5 Å². The number of unbranched alkanes of at least 4 members (excludes halogenated alkanes) is 5. The van der Waals surface area contributed by atoms with Gasteiger partial charge in [-0.15, -0.1) is 0 Å². The Labute approximate surface area is 157 Å². The first-order chi connectivity index (χ1) is 12.7. The average Bonchev–Trinajstić information content (AvgIpc) is 3.01. The van der Waals surface area contributed by atoms with Crippen LogP contribution in [0.2, 0.25) is 0 Å². The molecule has 0 bridgehead atoms. The van der Waals surface area contributed by atoms with Crippen molar-refractivity contribution in [2.45, 2.75) is 102 Å². The quantitative estimate of drug-likeness (QED) is 0.311. The zero-order valence-electron chi connectivity index (χ0n) is 16.7. The number of hydrogen-bond acceptors (Lipinski definition) is 6. The Morgan fingerprint density at radius 1 is 1.00 bits per heavy atom. The predicted molar refractivity (Wildman–Crippen MR) is 97.7 cm³/mol. The van der Waals surface area contributed by atoms with Gasteiger partial charge in [-0.1, -0.05) is 45.4 Å². The van der Waals surface area contributed by atoms with Gasteiger partial charge >= 0.3 is 5.97 Å². The summed E-state index contributed by atoms with van der Waals surface area (Å²) < 4.78 is 28.4. The molecule has 0 aromatic heterocycles. The van der Waals surface area contributed by atoms with Crippen molar-refractivity contribution in [2.75, 3.05) is 20.8 Å². The minimum absolute atomic E-state index is 0.370. The monoisotopic (exact) mass is 372 g/mol. The molecule has 0 radical (unpaired) electrons. The highest BCUT2D eigenvalue weighted by atomic mass is 16.8. The summed E-state index contributed by atoms with van der Waals surface area (Å²) in [5.41, 5.74) is 0. The van der Waals surface area contributed by atoms with Crippen LogP contribution in [-0.2, 0) is 28.5 Å². The van der Waals surface area contributed by atoms with Crippen molar-refractivity contribution in [3.8, 4) is 0 Å². The Hall–Kier alpha value is -0.690. The van der Waals surface area contributed by atoms with Crippen molar-refractivity contribution in [2.24, 2.45) is 0 Å². The van der Waals surface area contributed by atoms with Gasteiger partial charge in [0.15, 0.2) is 18.2 Å². The van der Waals surface area contributed by atoms with Gasteiger partial charge in [0.2, 0.25) is 0 Å². The van der Waals surface area contributed by atoms with Gasteiger partial charge in [0.05, 0.1) is 6.61 Å². The van der Waals surface area contributed by atoms with Crippen molar-refractivity contribution >= 4 is 5.97 Å². The highest BCUT2D eigenvalue weighted by molar-refractivity contribution is 5.76. The summed E-state index contributed by atoms with van der Waals surface area (Å²) in [6.45, 7) is 2.63. The number of ether oxygens (including phenoxy) is 5. The molecule has 0 aromatic carbocycles. The topological polar surface area (TPSA) is 63.2 Å². The first kappa shape index (κ1) is 21.6. The summed E-state index contributed by atoms with van der Waals surface area (Å²) >= 11 is 0. The maximum atomic E-state index is 12.6. The molecule has 2 rings (SSSR count). The summed E-state index contributed by atoms with van der Waals surface area (Å²) in [7, 11) is 3.09. The highest BCUT2D eigenvalue weighted by Crippen LogP contribution is 2.42. The molecular weight excluding hydrogens is 336 g/mol. The lowest BCUT2D eigenvalue weighted by Gasteiger charge is -2.32. The van der Waals surface area contributed by atoms with E-state index in [4.69, 9.17) is 23.7 Å². The first-order valence-corrected chi connectivity index (χ1v) is 10.2. The fourth-order valence-corrected chi connectivity index (χ4v) is 3.84. The third-order valence-corrected chi connectivity index (χ3v) is 5.31. The number of esters is 1. The van der Waals surface area contributed by atoms with Gasteiger partial charge in [0, 0.05) is 27.1 Å². The smallest absolute Gasteiger partial charge is 0.338 e. The highest BCUT2D eigenvalue weighted by Gasteiger charge is 2.54. The summed E-state index contributed by atoms with van der Waals surface area (Å²) in [5, 5.41) is 0. The van der Waals surface area contributed by atoms with E-state index in [1.807, 2.05) is 0 Å². The molecule has 1 saturated heterocycles. The number of methoxy groups -OCH3 is 2. The van der Waals surface area contributed by atoms with Crippen LogP contribution in [0, 0.1) is 0 Å². The minimum Gasteiger partial charge on any atom is -0.464 e. The van der Waals surface area contributed by atoms with Crippen LogP contribution in [0.3, 0.4) is 0 Å². The predicted octanol–water partition coefficient (Wildman–Crippen LogP) is 3.95. The molecule has 2 unspecified atom stereocenters. The molecule has 0 aromatic rings. The van der Waals surface area contributed by atoms with Gasteiger partial charge in [-0.3, -0.25) is 0 Å². The maximum Gasteiger partial charge on any atom is 0.338 e. The zero-order chi connectivity index (χ0) is 18.8. The van der Waals surface area contributed by atoms with Gasteiger partial charge in [-0.2, -0.15) is 0 Å². The van der Waals surface area contributed by atoms with Gasteiger partial charge in [0.1, 0.15) is 6.10 Å². The summed E-state index contributed by atoms with van der Waals surface area (Å²) in [4.78, 5) is 12.6. The number of hydrogen-bond donors (Lipinski definition) is 0. The number of carbonyl (C=O) groups excluding carboxylic acids is 1. The Morgan fingerprint density at radius 3 is 2.31 bits per heavy atom.